The largest absolute Gasteiger partial charge is 0.338 e. The summed E-state index contributed by atoms with van der Waals surface area (Å²) in [6.45, 7) is 0. The molecular weight excluding hydrogens is 374 g/mol. The minimum Gasteiger partial charge on any atom is -0.338 e. The van der Waals surface area contributed by atoms with Crippen LogP contribution in [0.4, 0.5) is 0 Å². The van der Waals surface area contributed by atoms with Gasteiger partial charge in [-0.3, -0.25) is 20.1 Å². The quantitative estimate of drug-likeness (QED) is 0.460. The number of hydrogen-bond acceptors (Lipinski definition) is 5. The molecule has 0 aliphatic rings. The highest BCUT2D eigenvalue weighted by molar-refractivity contribution is 6.00. The van der Waals surface area contributed by atoms with E-state index in [1.54, 1.807) is 31.0 Å². The van der Waals surface area contributed by atoms with Crippen LogP contribution >= 0.6 is 0 Å². The highest BCUT2D eigenvalue weighted by Gasteiger charge is 2.15. The van der Waals surface area contributed by atoms with Gasteiger partial charge in [-0.25, -0.2) is 4.98 Å². The number of rotatable bonds is 3. The first-order chi connectivity index (χ1) is 14.9. The molecule has 5 heterocycles. The normalized spacial score (nSPS) is 11.3. The van der Waals surface area contributed by atoms with Gasteiger partial charge in [-0.2, -0.15) is 5.10 Å². The number of nitrogens with one attached hydrogen (secondary N) is 2. The first-order valence-electron chi connectivity index (χ1n) is 9.50. The third kappa shape index (κ3) is 2.64. The summed E-state index contributed by atoms with van der Waals surface area (Å²) in [7, 11) is 0. The Morgan fingerprint density at radius 3 is 2.57 bits per heavy atom. The van der Waals surface area contributed by atoms with Crippen molar-refractivity contribution in [3.05, 3.63) is 79.6 Å². The molecule has 0 radical (unpaired) electrons. The van der Waals surface area contributed by atoms with Gasteiger partial charge in [-0.05, 0) is 35.9 Å². The summed E-state index contributed by atoms with van der Waals surface area (Å²) in [4.78, 5) is 20.8. The topological polar surface area (TPSA) is 96.0 Å². The van der Waals surface area contributed by atoms with Gasteiger partial charge < -0.3 is 4.98 Å². The highest BCUT2D eigenvalue weighted by atomic mass is 15.1. The van der Waals surface area contributed by atoms with Crippen LogP contribution in [0.5, 0.6) is 0 Å². The zero-order valence-corrected chi connectivity index (χ0v) is 15.7. The molecule has 7 heteroatoms. The Balaban J connectivity index is 1.52. The van der Waals surface area contributed by atoms with Crippen molar-refractivity contribution in [2.45, 2.75) is 0 Å². The van der Waals surface area contributed by atoms with Gasteiger partial charge in [0.1, 0.15) is 11.3 Å². The molecule has 0 atom stereocenters. The van der Waals surface area contributed by atoms with Crippen LogP contribution < -0.4 is 0 Å². The minimum atomic E-state index is 0.813. The molecule has 0 bridgehead atoms. The van der Waals surface area contributed by atoms with Gasteiger partial charge in [0.15, 0.2) is 0 Å². The van der Waals surface area contributed by atoms with E-state index < -0.39 is 0 Å². The highest BCUT2D eigenvalue weighted by Crippen LogP contribution is 2.34. The zero-order valence-electron chi connectivity index (χ0n) is 15.7. The van der Waals surface area contributed by atoms with Crippen molar-refractivity contribution in [1.82, 2.24) is 35.1 Å². The van der Waals surface area contributed by atoms with E-state index in [-0.39, 0.29) is 0 Å². The fourth-order valence-corrected chi connectivity index (χ4v) is 3.76. The van der Waals surface area contributed by atoms with Crippen LogP contribution in [0.15, 0.2) is 79.6 Å². The Labute approximate surface area is 170 Å². The second kappa shape index (κ2) is 6.59. The van der Waals surface area contributed by atoms with Gasteiger partial charge in [0.2, 0.25) is 0 Å². The molecule has 0 saturated heterocycles. The Bertz CT molecular complexity index is 1480. The third-order valence-corrected chi connectivity index (χ3v) is 5.18. The maximum absolute atomic E-state index is 4.57. The van der Waals surface area contributed by atoms with E-state index in [9.17, 15) is 0 Å². The molecule has 0 aliphatic carbocycles. The molecule has 5 aromatic heterocycles. The van der Waals surface area contributed by atoms with E-state index in [4.69, 9.17) is 0 Å². The lowest BCUT2D eigenvalue weighted by Gasteiger charge is -2.01. The number of aromatic amines is 2. The maximum Gasteiger partial charge on any atom is 0.138 e. The van der Waals surface area contributed by atoms with E-state index in [1.807, 2.05) is 36.5 Å². The Hall–Kier alpha value is -4.39. The maximum atomic E-state index is 4.57. The van der Waals surface area contributed by atoms with E-state index >= 15 is 0 Å². The van der Waals surface area contributed by atoms with Crippen LogP contribution in [0.3, 0.4) is 0 Å². The summed E-state index contributed by atoms with van der Waals surface area (Å²) < 4.78 is 0. The first-order valence-corrected chi connectivity index (χ1v) is 9.50. The second-order valence-electron chi connectivity index (χ2n) is 6.97. The molecule has 0 amide bonds. The van der Waals surface area contributed by atoms with Crippen LogP contribution in [0.25, 0.3) is 55.7 Å². The fraction of sp³-hybridized carbons (Fsp3) is 0. The van der Waals surface area contributed by atoms with Crippen molar-refractivity contribution in [2.75, 3.05) is 0 Å². The van der Waals surface area contributed by atoms with E-state index in [2.05, 4.69) is 47.2 Å². The molecule has 30 heavy (non-hydrogen) atoms. The summed E-state index contributed by atoms with van der Waals surface area (Å²) in [6.07, 6.45) is 10.6. The molecule has 1 aromatic carbocycles. The predicted molar refractivity (Wildman–Crippen MR) is 115 cm³/mol. The number of pyridine rings is 2. The Kier molecular flexibility index (Phi) is 3.64. The fourth-order valence-electron chi connectivity index (χ4n) is 3.76. The molecule has 0 spiro atoms. The molecule has 7 nitrogen and oxygen atoms in total. The summed E-state index contributed by atoms with van der Waals surface area (Å²) in [5.74, 6) is 0. The summed E-state index contributed by atoms with van der Waals surface area (Å²) >= 11 is 0. The predicted octanol–water partition coefficient (Wildman–Crippen LogP) is 4.63. The number of H-pyrrole nitrogens is 2. The van der Waals surface area contributed by atoms with Crippen LogP contribution in [-0.2, 0) is 0 Å². The molecule has 2 N–H and O–H groups in total. The van der Waals surface area contributed by atoms with E-state index in [0.29, 0.717) is 0 Å². The van der Waals surface area contributed by atoms with Crippen LogP contribution in [0.1, 0.15) is 0 Å². The van der Waals surface area contributed by atoms with Gasteiger partial charge in [0.05, 0.1) is 23.1 Å². The summed E-state index contributed by atoms with van der Waals surface area (Å²) in [6, 6.07) is 14.2. The van der Waals surface area contributed by atoms with Crippen molar-refractivity contribution >= 4 is 21.9 Å². The third-order valence-electron chi connectivity index (χ3n) is 5.18. The molecule has 0 unspecified atom stereocenters. The van der Waals surface area contributed by atoms with Gasteiger partial charge in [0.25, 0.3) is 0 Å². The summed E-state index contributed by atoms with van der Waals surface area (Å²) in [5, 5.41) is 9.72. The van der Waals surface area contributed by atoms with Gasteiger partial charge in [-0.15, -0.1) is 0 Å². The van der Waals surface area contributed by atoms with Crippen molar-refractivity contribution in [2.24, 2.45) is 0 Å². The Morgan fingerprint density at radius 1 is 0.733 bits per heavy atom. The number of fused-ring (bicyclic) bond motifs is 2. The lowest BCUT2D eigenvalue weighted by atomic mass is 10.0. The zero-order chi connectivity index (χ0) is 19.9. The van der Waals surface area contributed by atoms with Gasteiger partial charge >= 0.3 is 0 Å². The monoisotopic (exact) mass is 389 g/mol. The van der Waals surface area contributed by atoms with Crippen molar-refractivity contribution < 1.29 is 0 Å². The van der Waals surface area contributed by atoms with E-state index in [1.165, 1.54) is 0 Å². The lowest BCUT2D eigenvalue weighted by molar-refractivity contribution is 1.12. The minimum absolute atomic E-state index is 0.813. The number of nitrogens with zero attached hydrogens (tertiary/aromatic N) is 5. The lowest BCUT2D eigenvalue weighted by Crippen LogP contribution is -1.84. The molecule has 0 fully saturated rings. The number of hydrogen-bond donors (Lipinski definition) is 2. The average Bonchev–Trinajstić information content (AvgIpc) is 3.43. The van der Waals surface area contributed by atoms with Crippen molar-refractivity contribution in [1.29, 1.82) is 0 Å². The Morgan fingerprint density at radius 2 is 1.70 bits per heavy atom. The van der Waals surface area contributed by atoms with Gasteiger partial charge in [-0.1, -0.05) is 12.1 Å². The SMILES string of the molecule is c1cncc(-c2ccnc3[nH]c(-c4n[nH]c5ccc(-c6cnccn6)cc45)cc23)c1. The van der Waals surface area contributed by atoms with Crippen LogP contribution in [0, 0.1) is 0 Å². The van der Waals surface area contributed by atoms with Crippen molar-refractivity contribution in [3.63, 3.8) is 0 Å². The van der Waals surface area contributed by atoms with Gasteiger partial charge in [0, 0.05) is 52.9 Å². The first kappa shape index (κ1) is 16.6. The molecular formula is C23H15N7. The van der Waals surface area contributed by atoms with E-state index in [0.717, 1.165) is 55.7 Å². The molecule has 0 saturated carbocycles. The van der Waals surface area contributed by atoms with Crippen molar-refractivity contribution in [3.8, 4) is 33.8 Å². The number of aromatic nitrogens is 7. The van der Waals surface area contributed by atoms with Crippen LogP contribution in [-0.4, -0.2) is 35.1 Å². The smallest absolute Gasteiger partial charge is 0.138 e. The van der Waals surface area contributed by atoms with Crippen LogP contribution in [0.2, 0.25) is 0 Å². The summed E-state index contributed by atoms with van der Waals surface area (Å²) in [5.41, 5.74) is 7.45. The second-order valence-corrected chi connectivity index (χ2v) is 6.97. The average molecular weight is 389 g/mol. The molecule has 142 valence electrons. The standard InChI is InChI=1S/C23H15N7/c1-2-15(12-24-6-1)16-5-7-27-23-17(16)11-20(28-23)22-18-10-14(3-4-19(18)29-30-22)21-13-25-8-9-26-21/h1-13H,(H,27,28)(H,29,30). The number of benzene rings is 1. The molecule has 6 aromatic rings. The molecule has 6 rings (SSSR count). The molecule has 0 aliphatic heterocycles.